The van der Waals surface area contributed by atoms with Crippen LogP contribution >= 0.6 is 12.2 Å². The first-order valence-electron chi connectivity index (χ1n) is 9.30. The fraction of sp³-hybridized carbons (Fsp3) is 0.421. The second-order valence-corrected chi connectivity index (χ2v) is 7.25. The molecule has 0 aliphatic carbocycles. The molecule has 1 fully saturated rings. The number of piperidine rings is 1. The van der Waals surface area contributed by atoms with Gasteiger partial charge in [0.15, 0.2) is 5.11 Å². The molecule has 0 spiro atoms. The molecule has 10 heteroatoms. The Balaban J connectivity index is 1.74. The minimum atomic E-state index is -2.95. The normalized spacial score (nSPS) is 14.0. The number of benzene rings is 1. The maximum absolute atomic E-state index is 12.9. The highest BCUT2D eigenvalue weighted by Gasteiger charge is 2.24. The maximum atomic E-state index is 12.9. The molecule has 2 aromatic rings. The number of thiocarbonyl (C=S) groups is 1. The number of hydrogen-bond donors (Lipinski definition) is 2. The van der Waals surface area contributed by atoms with Crippen molar-refractivity contribution in [1.29, 1.82) is 0 Å². The van der Waals surface area contributed by atoms with Crippen molar-refractivity contribution in [2.75, 3.05) is 23.7 Å². The van der Waals surface area contributed by atoms with Gasteiger partial charge < -0.3 is 20.3 Å². The van der Waals surface area contributed by atoms with E-state index in [1.54, 1.807) is 31.0 Å². The average Bonchev–Trinajstić information content (AvgIpc) is 3.03. The third kappa shape index (κ3) is 5.20. The largest absolute Gasteiger partial charge is 0.433 e. The number of nitrogens with zero attached hydrogens (tertiary/aromatic N) is 3. The SMILES string of the molecule is Cc1ccc(NC(=S)Nc2cnn(C)c2C(=O)N2CCCCC2)c(OC(F)F)c1. The third-order valence-electron chi connectivity index (χ3n) is 4.63. The van der Waals surface area contributed by atoms with Crippen LogP contribution in [0.3, 0.4) is 0 Å². The molecule has 2 N–H and O–H groups in total. The molecule has 0 unspecified atom stereocenters. The molecule has 2 heterocycles. The zero-order chi connectivity index (χ0) is 21.0. The zero-order valence-electron chi connectivity index (χ0n) is 16.2. The van der Waals surface area contributed by atoms with E-state index >= 15 is 0 Å². The van der Waals surface area contributed by atoms with Crippen LogP contribution in [0.1, 0.15) is 35.3 Å². The summed E-state index contributed by atoms with van der Waals surface area (Å²) < 4.78 is 31.4. The predicted octanol–water partition coefficient (Wildman–Crippen LogP) is 3.76. The molecule has 3 rings (SSSR count). The van der Waals surface area contributed by atoms with Crippen molar-refractivity contribution in [2.45, 2.75) is 32.8 Å². The Morgan fingerprint density at radius 3 is 2.59 bits per heavy atom. The lowest BCUT2D eigenvalue weighted by Gasteiger charge is -2.27. The van der Waals surface area contributed by atoms with Crippen LogP contribution in [0.15, 0.2) is 24.4 Å². The van der Waals surface area contributed by atoms with Crippen LogP contribution in [0, 0.1) is 6.92 Å². The first-order valence-corrected chi connectivity index (χ1v) is 9.70. The van der Waals surface area contributed by atoms with Crippen molar-refractivity contribution in [3.05, 3.63) is 35.7 Å². The number of hydrogen-bond acceptors (Lipinski definition) is 4. The molecule has 1 aliphatic rings. The topological polar surface area (TPSA) is 71.4 Å². The number of likely N-dealkylation sites (tertiary alicyclic amines) is 1. The molecule has 0 bridgehead atoms. The number of nitrogens with one attached hydrogen (secondary N) is 2. The van der Waals surface area contributed by atoms with Crippen molar-refractivity contribution in [3.63, 3.8) is 0 Å². The Morgan fingerprint density at radius 2 is 1.90 bits per heavy atom. The van der Waals surface area contributed by atoms with Gasteiger partial charge in [0.25, 0.3) is 5.91 Å². The van der Waals surface area contributed by atoms with E-state index in [2.05, 4.69) is 20.5 Å². The number of aromatic nitrogens is 2. The van der Waals surface area contributed by atoms with Crippen molar-refractivity contribution in [3.8, 4) is 5.75 Å². The van der Waals surface area contributed by atoms with Gasteiger partial charge >= 0.3 is 6.61 Å². The van der Waals surface area contributed by atoms with Gasteiger partial charge in [-0.2, -0.15) is 13.9 Å². The van der Waals surface area contributed by atoms with E-state index in [0.717, 1.165) is 24.8 Å². The Kier molecular flexibility index (Phi) is 6.63. The second-order valence-electron chi connectivity index (χ2n) is 6.84. The Bertz CT molecular complexity index is 897. The van der Waals surface area contributed by atoms with Crippen LogP contribution in [0.5, 0.6) is 5.75 Å². The van der Waals surface area contributed by atoms with Gasteiger partial charge in [0.1, 0.15) is 11.4 Å². The van der Waals surface area contributed by atoms with Gasteiger partial charge in [-0.05, 0) is 56.1 Å². The summed E-state index contributed by atoms with van der Waals surface area (Å²) in [4.78, 5) is 14.7. The molecule has 1 aromatic heterocycles. The molecule has 0 atom stereocenters. The summed E-state index contributed by atoms with van der Waals surface area (Å²) >= 11 is 5.31. The number of carbonyl (C=O) groups excluding carboxylic acids is 1. The summed E-state index contributed by atoms with van der Waals surface area (Å²) in [6.07, 6.45) is 4.59. The monoisotopic (exact) mass is 423 g/mol. The first kappa shape index (κ1) is 21.0. The van der Waals surface area contributed by atoms with Crippen LogP contribution in [-0.4, -0.2) is 45.4 Å². The summed E-state index contributed by atoms with van der Waals surface area (Å²) in [5.74, 6) is -0.132. The van der Waals surface area contributed by atoms with E-state index in [4.69, 9.17) is 12.2 Å². The van der Waals surface area contributed by atoms with Crippen LogP contribution in [-0.2, 0) is 7.05 Å². The minimum Gasteiger partial charge on any atom is -0.433 e. The van der Waals surface area contributed by atoms with Crippen molar-refractivity contribution in [2.24, 2.45) is 7.05 Å². The number of ether oxygens (including phenoxy) is 1. The van der Waals surface area contributed by atoms with Crippen molar-refractivity contribution >= 4 is 34.6 Å². The van der Waals surface area contributed by atoms with Crippen molar-refractivity contribution in [1.82, 2.24) is 14.7 Å². The van der Waals surface area contributed by atoms with Gasteiger partial charge in [-0.15, -0.1) is 0 Å². The number of anilines is 2. The molecule has 0 saturated carbocycles. The number of halogens is 2. The molecular formula is C19H23F2N5O2S. The third-order valence-corrected chi connectivity index (χ3v) is 4.84. The lowest BCUT2D eigenvalue weighted by molar-refractivity contribution is -0.0493. The highest BCUT2D eigenvalue weighted by molar-refractivity contribution is 7.80. The Morgan fingerprint density at radius 1 is 1.21 bits per heavy atom. The average molecular weight is 423 g/mol. The minimum absolute atomic E-state index is 0.0139. The van der Waals surface area contributed by atoms with Gasteiger partial charge in [-0.25, -0.2) is 0 Å². The fourth-order valence-electron chi connectivity index (χ4n) is 3.23. The quantitative estimate of drug-likeness (QED) is 0.714. The van der Waals surface area contributed by atoms with Gasteiger partial charge in [-0.3, -0.25) is 9.48 Å². The van der Waals surface area contributed by atoms with Crippen LogP contribution < -0.4 is 15.4 Å². The highest BCUT2D eigenvalue weighted by Crippen LogP contribution is 2.28. The molecule has 156 valence electrons. The van der Waals surface area contributed by atoms with Gasteiger partial charge in [-0.1, -0.05) is 6.07 Å². The van der Waals surface area contributed by atoms with E-state index in [9.17, 15) is 13.6 Å². The summed E-state index contributed by atoms with van der Waals surface area (Å²) in [5, 5.41) is 10.1. The molecule has 1 amide bonds. The molecule has 1 aromatic carbocycles. The summed E-state index contributed by atoms with van der Waals surface area (Å²) in [6.45, 7) is 0.242. The zero-order valence-corrected chi connectivity index (χ0v) is 17.1. The van der Waals surface area contributed by atoms with E-state index in [1.165, 1.54) is 16.9 Å². The van der Waals surface area contributed by atoms with E-state index < -0.39 is 6.61 Å². The lowest BCUT2D eigenvalue weighted by Crippen LogP contribution is -2.37. The number of aryl methyl sites for hydroxylation is 2. The molecule has 7 nitrogen and oxygen atoms in total. The molecule has 29 heavy (non-hydrogen) atoms. The molecule has 0 radical (unpaired) electrons. The van der Waals surface area contributed by atoms with Gasteiger partial charge in [0, 0.05) is 20.1 Å². The van der Waals surface area contributed by atoms with Crippen LogP contribution in [0.4, 0.5) is 20.2 Å². The molecule has 1 aliphatic heterocycles. The Hall–Kier alpha value is -2.75. The van der Waals surface area contributed by atoms with Crippen LogP contribution in [0.25, 0.3) is 0 Å². The number of amides is 1. The fourth-order valence-corrected chi connectivity index (χ4v) is 3.45. The first-order chi connectivity index (χ1) is 13.8. The molecule has 1 saturated heterocycles. The van der Waals surface area contributed by atoms with Crippen LogP contribution in [0.2, 0.25) is 0 Å². The highest BCUT2D eigenvalue weighted by atomic mass is 32.1. The van der Waals surface area contributed by atoms with E-state index in [-0.39, 0.29) is 16.8 Å². The summed E-state index contributed by atoms with van der Waals surface area (Å²) in [6, 6.07) is 4.84. The number of rotatable bonds is 5. The van der Waals surface area contributed by atoms with E-state index in [1.807, 2.05) is 0 Å². The van der Waals surface area contributed by atoms with Gasteiger partial charge in [0.05, 0.1) is 17.6 Å². The predicted molar refractivity (Wildman–Crippen MR) is 111 cm³/mol. The summed E-state index contributed by atoms with van der Waals surface area (Å²) in [5.41, 5.74) is 1.90. The number of alkyl halides is 2. The Labute approximate surface area is 173 Å². The smallest absolute Gasteiger partial charge is 0.387 e. The number of carbonyl (C=O) groups is 1. The molecular weight excluding hydrogens is 400 g/mol. The van der Waals surface area contributed by atoms with Gasteiger partial charge in [0.2, 0.25) is 0 Å². The maximum Gasteiger partial charge on any atom is 0.387 e. The second kappa shape index (κ2) is 9.17. The standard InChI is InChI=1S/C19H23F2N5O2S/c1-12-6-7-13(15(10-12)28-18(20)21)23-19(29)24-14-11-22-25(2)16(14)17(27)26-8-4-3-5-9-26/h6-7,10-11,18H,3-5,8-9H2,1-2H3,(H2,23,24,29). The summed E-state index contributed by atoms with van der Waals surface area (Å²) in [7, 11) is 1.69. The van der Waals surface area contributed by atoms with Crippen molar-refractivity contribution < 1.29 is 18.3 Å². The lowest BCUT2D eigenvalue weighted by atomic mass is 10.1. The van der Waals surface area contributed by atoms with E-state index in [0.29, 0.717) is 30.2 Å².